The largest absolute Gasteiger partial charge is 0.489 e. The van der Waals surface area contributed by atoms with Crippen molar-refractivity contribution >= 4 is 11.6 Å². The maximum absolute atomic E-state index is 6.35. The van der Waals surface area contributed by atoms with Crippen molar-refractivity contribution in [3.05, 3.63) is 22.7 Å². The molecule has 2 saturated carbocycles. The molecule has 0 aromatic heterocycles. The third-order valence-corrected chi connectivity index (χ3v) is 4.94. The van der Waals surface area contributed by atoms with E-state index in [2.05, 4.69) is 11.4 Å². The molecule has 3 nitrogen and oxygen atoms in total. The summed E-state index contributed by atoms with van der Waals surface area (Å²) >= 11 is 6.35. The van der Waals surface area contributed by atoms with Crippen molar-refractivity contribution in [2.75, 3.05) is 13.2 Å². The van der Waals surface area contributed by atoms with Crippen LogP contribution in [0.15, 0.2) is 12.1 Å². The molecule has 1 aliphatic heterocycles. The quantitative estimate of drug-likeness (QED) is 0.898. The van der Waals surface area contributed by atoms with E-state index in [-0.39, 0.29) is 0 Å². The predicted molar refractivity (Wildman–Crippen MR) is 83.1 cm³/mol. The molecule has 3 aliphatic rings. The van der Waals surface area contributed by atoms with Crippen LogP contribution in [0, 0.1) is 11.8 Å². The molecular weight excluding hydrogens is 286 g/mol. The SMILES string of the molecule is Clc1cc(CNC(C2CC2)C2CC2)cc2c1OCCCO2. The number of nitrogens with one attached hydrogen (secondary N) is 1. The van der Waals surface area contributed by atoms with Gasteiger partial charge >= 0.3 is 0 Å². The number of rotatable bonds is 5. The molecule has 0 atom stereocenters. The number of hydrogen-bond acceptors (Lipinski definition) is 3. The first kappa shape index (κ1) is 13.7. The summed E-state index contributed by atoms with van der Waals surface area (Å²) < 4.78 is 11.4. The molecule has 0 unspecified atom stereocenters. The minimum atomic E-state index is 0.667. The lowest BCUT2D eigenvalue weighted by molar-refractivity contribution is 0.297. The zero-order chi connectivity index (χ0) is 14.2. The van der Waals surface area contributed by atoms with Crippen molar-refractivity contribution in [2.24, 2.45) is 11.8 Å². The maximum atomic E-state index is 6.35. The Labute approximate surface area is 131 Å². The molecule has 4 heteroatoms. The second-order valence-electron chi connectivity index (χ2n) is 6.54. The van der Waals surface area contributed by atoms with Gasteiger partial charge in [0.15, 0.2) is 11.5 Å². The van der Waals surface area contributed by atoms with Crippen LogP contribution in [0.25, 0.3) is 0 Å². The first-order chi connectivity index (χ1) is 10.3. The highest BCUT2D eigenvalue weighted by atomic mass is 35.5. The van der Waals surface area contributed by atoms with Crippen LogP contribution in [0.1, 0.15) is 37.7 Å². The maximum Gasteiger partial charge on any atom is 0.179 e. The van der Waals surface area contributed by atoms with Crippen LogP contribution in [0.3, 0.4) is 0 Å². The highest BCUT2D eigenvalue weighted by Crippen LogP contribution is 2.45. The first-order valence-corrected chi connectivity index (χ1v) is 8.50. The fourth-order valence-corrected chi connectivity index (χ4v) is 3.54. The molecule has 1 aromatic carbocycles. The van der Waals surface area contributed by atoms with Crippen molar-refractivity contribution in [3.8, 4) is 11.5 Å². The minimum Gasteiger partial charge on any atom is -0.489 e. The van der Waals surface area contributed by atoms with E-state index in [1.807, 2.05) is 6.07 Å². The van der Waals surface area contributed by atoms with E-state index in [4.69, 9.17) is 21.1 Å². The molecule has 2 fully saturated rings. The summed E-state index contributed by atoms with van der Waals surface area (Å²) in [7, 11) is 0. The molecule has 1 N–H and O–H groups in total. The number of halogens is 1. The Balaban J connectivity index is 1.47. The lowest BCUT2D eigenvalue weighted by Gasteiger charge is -2.18. The molecule has 114 valence electrons. The second kappa shape index (κ2) is 5.69. The Morgan fingerprint density at radius 2 is 1.81 bits per heavy atom. The topological polar surface area (TPSA) is 30.5 Å². The molecule has 21 heavy (non-hydrogen) atoms. The van der Waals surface area contributed by atoms with Crippen LogP contribution in [0.5, 0.6) is 11.5 Å². The Bertz CT molecular complexity index is 514. The van der Waals surface area contributed by atoms with Crippen LogP contribution in [0.2, 0.25) is 5.02 Å². The normalized spacial score (nSPS) is 21.4. The standard InChI is InChI=1S/C17H22ClNO2/c18-14-8-11(9-15-17(14)21-7-1-6-20-15)10-19-16(12-2-3-12)13-4-5-13/h8-9,12-13,16,19H,1-7,10H2. The summed E-state index contributed by atoms with van der Waals surface area (Å²) in [6.07, 6.45) is 6.50. The summed E-state index contributed by atoms with van der Waals surface area (Å²) in [6, 6.07) is 4.80. The average molecular weight is 308 g/mol. The minimum absolute atomic E-state index is 0.667. The van der Waals surface area contributed by atoms with Crippen molar-refractivity contribution < 1.29 is 9.47 Å². The van der Waals surface area contributed by atoms with E-state index in [1.54, 1.807) is 0 Å². The van der Waals surface area contributed by atoms with Crippen molar-refractivity contribution in [2.45, 2.75) is 44.7 Å². The van der Waals surface area contributed by atoms with Crippen LogP contribution in [0.4, 0.5) is 0 Å². The van der Waals surface area contributed by atoms with Crippen molar-refractivity contribution in [1.29, 1.82) is 0 Å². The number of ether oxygens (including phenoxy) is 2. The lowest BCUT2D eigenvalue weighted by Crippen LogP contribution is -2.32. The number of hydrogen-bond donors (Lipinski definition) is 1. The molecule has 4 rings (SSSR count). The van der Waals surface area contributed by atoms with Gasteiger partial charge in [-0.05, 0) is 55.2 Å². The smallest absolute Gasteiger partial charge is 0.179 e. The van der Waals surface area contributed by atoms with E-state index in [1.165, 1.54) is 31.2 Å². The zero-order valence-electron chi connectivity index (χ0n) is 12.2. The highest BCUT2D eigenvalue weighted by molar-refractivity contribution is 6.32. The van der Waals surface area contributed by atoms with Crippen LogP contribution in [-0.4, -0.2) is 19.3 Å². The molecule has 0 bridgehead atoms. The molecule has 1 aromatic rings. The summed E-state index contributed by atoms with van der Waals surface area (Å²) in [4.78, 5) is 0. The number of fused-ring (bicyclic) bond motifs is 1. The second-order valence-corrected chi connectivity index (χ2v) is 6.94. The average Bonchev–Trinajstić information content (AvgIpc) is 3.33. The Hall–Kier alpha value is -0.930. The van der Waals surface area contributed by atoms with Gasteiger partial charge in [-0.25, -0.2) is 0 Å². The lowest BCUT2D eigenvalue weighted by atomic mass is 10.1. The van der Waals surface area contributed by atoms with E-state index < -0.39 is 0 Å². The van der Waals surface area contributed by atoms with Gasteiger partial charge in [-0.15, -0.1) is 0 Å². The molecule has 0 saturated heterocycles. The van der Waals surface area contributed by atoms with Gasteiger partial charge in [-0.3, -0.25) is 0 Å². The Kier molecular flexibility index (Phi) is 3.72. The van der Waals surface area contributed by atoms with Gasteiger partial charge in [0.25, 0.3) is 0 Å². The highest BCUT2D eigenvalue weighted by Gasteiger charge is 2.40. The summed E-state index contributed by atoms with van der Waals surface area (Å²) in [5, 5.41) is 4.42. The van der Waals surface area contributed by atoms with Crippen molar-refractivity contribution in [3.63, 3.8) is 0 Å². The Morgan fingerprint density at radius 3 is 2.52 bits per heavy atom. The number of benzene rings is 1. The third-order valence-electron chi connectivity index (χ3n) is 4.66. The van der Waals surface area contributed by atoms with Gasteiger partial charge in [0.05, 0.1) is 18.2 Å². The molecule has 1 heterocycles. The Morgan fingerprint density at radius 1 is 1.10 bits per heavy atom. The van der Waals surface area contributed by atoms with E-state index in [0.29, 0.717) is 30.0 Å². The first-order valence-electron chi connectivity index (χ1n) is 8.12. The van der Waals surface area contributed by atoms with E-state index in [0.717, 1.165) is 30.6 Å². The molecule has 0 spiro atoms. The summed E-state index contributed by atoms with van der Waals surface area (Å²) in [6.45, 7) is 2.25. The molecule has 0 amide bonds. The van der Waals surface area contributed by atoms with Gasteiger partial charge in [0, 0.05) is 19.0 Å². The molecular formula is C17H22ClNO2. The predicted octanol–water partition coefficient (Wildman–Crippen LogP) is 3.78. The summed E-state index contributed by atoms with van der Waals surface area (Å²) in [5.41, 5.74) is 1.19. The zero-order valence-corrected chi connectivity index (χ0v) is 13.0. The fraction of sp³-hybridized carbons (Fsp3) is 0.647. The van der Waals surface area contributed by atoms with Gasteiger partial charge in [0.1, 0.15) is 0 Å². The van der Waals surface area contributed by atoms with Crippen LogP contribution < -0.4 is 14.8 Å². The fourth-order valence-electron chi connectivity index (χ4n) is 3.25. The monoisotopic (exact) mass is 307 g/mol. The molecule has 0 radical (unpaired) electrons. The van der Waals surface area contributed by atoms with Gasteiger partial charge in [-0.2, -0.15) is 0 Å². The van der Waals surface area contributed by atoms with Crippen LogP contribution >= 0.6 is 11.6 Å². The summed E-state index contributed by atoms with van der Waals surface area (Å²) in [5.74, 6) is 3.33. The van der Waals surface area contributed by atoms with Gasteiger partial charge < -0.3 is 14.8 Å². The van der Waals surface area contributed by atoms with Crippen LogP contribution in [-0.2, 0) is 6.54 Å². The van der Waals surface area contributed by atoms with Gasteiger partial charge in [0.2, 0.25) is 0 Å². The third kappa shape index (κ3) is 3.14. The van der Waals surface area contributed by atoms with Gasteiger partial charge in [-0.1, -0.05) is 11.6 Å². The van der Waals surface area contributed by atoms with E-state index in [9.17, 15) is 0 Å². The molecule has 2 aliphatic carbocycles. The van der Waals surface area contributed by atoms with E-state index >= 15 is 0 Å². The van der Waals surface area contributed by atoms with Crippen molar-refractivity contribution in [1.82, 2.24) is 5.32 Å².